The monoisotopic (exact) mass is 981 g/mol. The minimum absolute atomic E-state index is 0.511. The van der Waals surface area contributed by atoms with Crippen molar-refractivity contribution in [3.8, 4) is 78.6 Å². The van der Waals surface area contributed by atoms with E-state index in [2.05, 4.69) is 290 Å². The van der Waals surface area contributed by atoms with Crippen LogP contribution in [-0.4, -0.2) is 0 Å². The van der Waals surface area contributed by atoms with Crippen molar-refractivity contribution in [2.75, 3.05) is 4.90 Å². The van der Waals surface area contributed by atoms with Gasteiger partial charge in [0, 0.05) is 39.2 Å². The number of fused-ring (bicyclic) bond motifs is 18. The summed E-state index contributed by atoms with van der Waals surface area (Å²) >= 11 is 0. The SMILES string of the molecule is c1ccc(-c2ccc(-c3ccc(N(c4ccc(-c5ccc6c(c5)-c5ccccc5C65c6ccccc6Oc6ccccc65)cc4)c4cccc5c4-c4ccccc4C54c5ccccc5Oc5ccccc54)cc3)cc2)cc1. The van der Waals surface area contributed by atoms with Crippen LogP contribution < -0.4 is 14.4 Å². The number of ether oxygens (including phenoxy) is 2. The summed E-state index contributed by atoms with van der Waals surface area (Å²) in [6.07, 6.45) is 0. The minimum atomic E-state index is -0.599. The molecule has 2 heterocycles. The number of anilines is 3. The van der Waals surface area contributed by atoms with Gasteiger partial charge in [0.1, 0.15) is 23.0 Å². The molecule has 0 unspecified atom stereocenters. The fourth-order valence-electron chi connectivity index (χ4n) is 13.6. The van der Waals surface area contributed by atoms with Gasteiger partial charge in [0.2, 0.25) is 0 Å². The van der Waals surface area contributed by atoms with Gasteiger partial charge < -0.3 is 14.4 Å². The first-order chi connectivity index (χ1) is 38.2. The Balaban J connectivity index is 0.852. The van der Waals surface area contributed by atoms with E-state index in [-0.39, 0.29) is 0 Å². The van der Waals surface area contributed by atoms with Crippen molar-refractivity contribution in [3.05, 3.63) is 330 Å². The van der Waals surface area contributed by atoms with Crippen molar-refractivity contribution in [2.24, 2.45) is 0 Å². The highest BCUT2D eigenvalue weighted by Crippen LogP contribution is 2.65. The van der Waals surface area contributed by atoms with Crippen molar-refractivity contribution in [1.82, 2.24) is 0 Å². The van der Waals surface area contributed by atoms with Gasteiger partial charge in [-0.3, -0.25) is 0 Å². The zero-order valence-corrected chi connectivity index (χ0v) is 41.9. The van der Waals surface area contributed by atoms with Crippen molar-refractivity contribution in [2.45, 2.75) is 10.8 Å². The molecule has 3 heteroatoms. The Kier molecular flexibility index (Phi) is 9.47. The number of rotatable bonds is 6. The van der Waals surface area contributed by atoms with Crippen LogP contribution in [0.2, 0.25) is 0 Å². The Morgan fingerprint density at radius 1 is 0.234 bits per heavy atom. The predicted octanol–water partition coefficient (Wildman–Crippen LogP) is 19.1. The third kappa shape index (κ3) is 6.20. The fourth-order valence-corrected chi connectivity index (χ4v) is 13.6. The highest BCUT2D eigenvalue weighted by atomic mass is 16.5. The second-order valence-corrected chi connectivity index (χ2v) is 20.6. The number of nitrogens with zero attached hydrogens (tertiary/aromatic N) is 1. The zero-order chi connectivity index (χ0) is 50.7. The second kappa shape index (κ2) is 16.8. The zero-order valence-electron chi connectivity index (χ0n) is 41.9. The molecule has 12 aromatic carbocycles. The maximum absolute atomic E-state index is 6.72. The molecule has 12 aromatic rings. The van der Waals surface area contributed by atoms with E-state index in [9.17, 15) is 0 Å². The molecular weight excluding hydrogens is 935 g/mol. The summed E-state index contributed by atoms with van der Waals surface area (Å²) in [6, 6.07) is 104. The van der Waals surface area contributed by atoms with Gasteiger partial charge in [0.15, 0.2) is 0 Å². The average molecular weight is 982 g/mol. The summed E-state index contributed by atoms with van der Waals surface area (Å²) in [7, 11) is 0. The van der Waals surface area contributed by atoms with Gasteiger partial charge in [0.05, 0.1) is 16.5 Å². The summed E-state index contributed by atoms with van der Waals surface area (Å²) in [5.74, 6) is 3.56. The van der Waals surface area contributed by atoms with Gasteiger partial charge in [-0.1, -0.05) is 224 Å². The van der Waals surface area contributed by atoms with Crippen LogP contribution >= 0.6 is 0 Å². The molecule has 2 aliphatic heterocycles. The third-order valence-corrected chi connectivity index (χ3v) is 16.8. The van der Waals surface area contributed by atoms with Gasteiger partial charge in [-0.2, -0.15) is 0 Å². The fraction of sp³-hybridized carbons (Fsp3) is 0.0270. The smallest absolute Gasteiger partial charge is 0.132 e. The van der Waals surface area contributed by atoms with Gasteiger partial charge in [-0.25, -0.2) is 0 Å². The van der Waals surface area contributed by atoms with E-state index in [1.54, 1.807) is 0 Å². The van der Waals surface area contributed by atoms with Crippen molar-refractivity contribution < 1.29 is 9.47 Å². The van der Waals surface area contributed by atoms with Crippen LogP contribution in [0.4, 0.5) is 17.1 Å². The number of hydrogen-bond acceptors (Lipinski definition) is 3. The Morgan fingerprint density at radius 2 is 0.584 bits per heavy atom. The Bertz CT molecular complexity index is 4240. The number of hydrogen-bond donors (Lipinski definition) is 0. The van der Waals surface area contributed by atoms with Crippen molar-refractivity contribution >= 4 is 17.1 Å². The summed E-state index contributed by atoms with van der Waals surface area (Å²) in [6.45, 7) is 0. The summed E-state index contributed by atoms with van der Waals surface area (Å²) in [4.78, 5) is 2.46. The maximum Gasteiger partial charge on any atom is 0.132 e. The molecule has 0 atom stereocenters. The molecule has 0 saturated carbocycles. The van der Waals surface area contributed by atoms with Gasteiger partial charge in [0.25, 0.3) is 0 Å². The molecule has 16 rings (SSSR count). The van der Waals surface area contributed by atoms with Crippen LogP contribution in [-0.2, 0) is 10.8 Å². The molecule has 0 N–H and O–H groups in total. The van der Waals surface area contributed by atoms with Crippen LogP contribution in [0.15, 0.2) is 285 Å². The Labute approximate surface area is 448 Å². The van der Waals surface area contributed by atoms with Gasteiger partial charge >= 0.3 is 0 Å². The first kappa shape index (κ1) is 43.4. The molecule has 0 bridgehead atoms. The number of benzene rings is 12. The lowest BCUT2D eigenvalue weighted by Crippen LogP contribution is -2.32. The Morgan fingerprint density at radius 3 is 1.10 bits per heavy atom. The molecule has 4 aliphatic rings. The molecule has 0 amide bonds. The molecule has 0 fully saturated rings. The topological polar surface area (TPSA) is 21.7 Å². The number of para-hydroxylation sites is 4. The van der Waals surface area contributed by atoms with E-state index in [0.717, 1.165) is 62.3 Å². The van der Waals surface area contributed by atoms with E-state index in [1.807, 2.05) is 0 Å². The predicted molar refractivity (Wildman–Crippen MR) is 312 cm³/mol. The third-order valence-electron chi connectivity index (χ3n) is 16.8. The lowest BCUT2D eigenvalue weighted by molar-refractivity contribution is 0.436. The molecule has 0 saturated heterocycles. The molecule has 77 heavy (non-hydrogen) atoms. The first-order valence-electron chi connectivity index (χ1n) is 26.6. The molecule has 2 spiro atoms. The second-order valence-electron chi connectivity index (χ2n) is 20.6. The van der Waals surface area contributed by atoms with E-state index in [4.69, 9.17) is 9.47 Å². The average Bonchev–Trinajstić information content (AvgIpc) is 3.90. The maximum atomic E-state index is 6.72. The van der Waals surface area contributed by atoms with E-state index >= 15 is 0 Å². The molecule has 360 valence electrons. The molecule has 0 aromatic heterocycles. The van der Waals surface area contributed by atoms with Gasteiger partial charge in [-0.05, 0) is 133 Å². The van der Waals surface area contributed by atoms with Crippen LogP contribution in [0.1, 0.15) is 44.5 Å². The van der Waals surface area contributed by atoms with Crippen LogP contribution in [0.3, 0.4) is 0 Å². The standard InChI is InChI=1S/C74H47NO2/c1-2-17-48(18-3-1)49-33-35-50(36-34-49)51-37-42-54(43-38-51)75(67-28-16-27-66-72(67)57-20-5-7-22-60(57)74(66)64-25-10-14-31-70(64)77-71-32-15-11-26-65(71)74)55-44-39-52(40-45-55)53-41-46-61-58(47-53)56-19-4-6-21-59(56)73(61)62-23-8-12-29-68(62)76-69-30-13-9-24-63(69)73/h1-47H. The van der Waals surface area contributed by atoms with E-state index < -0.39 is 10.8 Å². The van der Waals surface area contributed by atoms with Crippen LogP contribution in [0.5, 0.6) is 23.0 Å². The van der Waals surface area contributed by atoms with E-state index in [1.165, 1.54) is 77.9 Å². The summed E-state index contributed by atoms with van der Waals surface area (Å²) in [5, 5.41) is 0. The first-order valence-corrected chi connectivity index (χ1v) is 26.6. The lowest BCUT2D eigenvalue weighted by Gasteiger charge is -2.39. The van der Waals surface area contributed by atoms with Crippen LogP contribution in [0, 0.1) is 0 Å². The van der Waals surface area contributed by atoms with E-state index in [0.29, 0.717) is 0 Å². The highest BCUT2D eigenvalue weighted by molar-refractivity contribution is 5.99. The largest absolute Gasteiger partial charge is 0.457 e. The van der Waals surface area contributed by atoms with Gasteiger partial charge in [-0.15, -0.1) is 0 Å². The lowest BCUT2D eigenvalue weighted by atomic mass is 9.66. The molecule has 0 radical (unpaired) electrons. The van der Waals surface area contributed by atoms with Crippen molar-refractivity contribution in [1.29, 1.82) is 0 Å². The molecular formula is C74H47NO2. The summed E-state index contributed by atoms with van der Waals surface area (Å²) < 4.78 is 13.3. The highest BCUT2D eigenvalue weighted by Gasteiger charge is 2.53. The quantitative estimate of drug-likeness (QED) is 0.166. The molecule has 2 aliphatic carbocycles. The Hall–Kier alpha value is -9.96. The normalized spacial score (nSPS) is 13.9. The van der Waals surface area contributed by atoms with Crippen molar-refractivity contribution in [3.63, 3.8) is 0 Å². The minimum Gasteiger partial charge on any atom is -0.457 e. The summed E-state index contributed by atoms with van der Waals surface area (Å²) in [5.41, 5.74) is 23.8. The molecule has 3 nitrogen and oxygen atoms in total. The van der Waals surface area contributed by atoms with Crippen LogP contribution in [0.25, 0.3) is 55.6 Å².